The molecule has 0 saturated heterocycles. The smallest absolute Gasteiger partial charge is 0.0218 e. The molecule has 0 amide bonds. The van der Waals surface area contributed by atoms with Crippen molar-refractivity contribution in [2.45, 2.75) is 26.7 Å². The van der Waals surface area contributed by atoms with Crippen LogP contribution < -0.4 is 0 Å². The molecule has 0 saturated carbocycles. The highest BCUT2D eigenvalue weighted by molar-refractivity contribution is 9.11. The van der Waals surface area contributed by atoms with Crippen molar-refractivity contribution in [3.05, 3.63) is 32.2 Å². The average Bonchev–Trinajstić information content (AvgIpc) is 1.99. The van der Waals surface area contributed by atoms with Crippen LogP contribution in [0.5, 0.6) is 0 Å². The Morgan fingerprint density at radius 3 is 1.83 bits per heavy atom. The van der Waals surface area contributed by atoms with Gasteiger partial charge in [0.15, 0.2) is 0 Å². The predicted octanol–water partition coefficient (Wildman–Crippen LogP) is 4.64. The predicted molar refractivity (Wildman–Crippen MR) is 60.7 cm³/mol. The second-order valence-corrected chi connectivity index (χ2v) is 4.97. The summed E-state index contributed by atoms with van der Waals surface area (Å²) in [5.41, 5.74) is 2.62. The largest absolute Gasteiger partial charge is 0.0587 e. The SMILES string of the molecule is Cc1c(Br)cc(C(C)C)cc1Br. The van der Waals surface area contributed by atoms with Crippen LogP contribution in [0.1, 0.15) is 30.9 Å². The van der Waals surface area contributed by atoms with Crippen LogP contribution in [0.3, 0.4) is 0 Å². The molecule has 0 bridgehead atoms. The number of hydrogen-bond acceptors (Lipinski definition) is 0. The molecule has 2 heteroatoms. The Labute approximate surface area is 90.6 Å². The molecule has 0 aromatic heterocycles. The quantitative estimate of drug-likeness (QED) is 0.707. The molecule has 0 fully saturated rings. The topological polar surface area (TPSA) is 0 Å². The van der Waals surface area contributed by atoms with E-state index in [-0.39, 0.29) is 0 Å². The number of hydrogen-bond donors (Lipinski definition) is 0. The van der Waals surface area contributed by atoms with Crippen LogP contribution in [0.4, 0.5) is 0 Å². The maximum atomic E-state index is 3.54. The van der Waals surface area contributed by atoms with Gasteiger partial charge in [0.25, 0.3) is 0 Å². The molecule has 0 unspecified atom stereocenters. The van der Waals surface area contributed by atoms with Crippen molar-refractivity contribution in [3.8, 4) is 0 Å². The van der Waals surface area contributed by atoms with Crippen molar-refractivity contribution >= 4 is 31.9 Å². The molecule has 12 heavy (non-hydrogen) atoms. The normalized spacial score (nSPS) is 10.8. The van der Waals surface area contributed by atoms with Gasteiger partial charge in [-0.05, 0) is 36.1 Å². The van der Waals surface area contributed by atoms with E-state index in [9.17, 15) is 0 Å². The zero-order valence-corrected chi connectivity index (χ0v) is 10.7. The van der Waals surface area contributed by atoms with E-state index in [0.29, 0.717) is 5.92 Å². The Morgan fingerprint density at radius 1 is 1.08 bits per heavy atom. The van der Waals surface area contributed by atoms with Gasteiger partial charge in [-0.1, -0.05) is 45.7 Å². The standard InChI is InChI=1S/C10H12Br2/c1-6(2)8-4-9(11)7(3)10(12)5-8/h4-6H,1-3H3. The molecule has 0 aliphatic carbocycles. The third-order valence-electron chi connectivity index (χ3n) is 1.97. The molecule has 1 aromatic rings. The lowest BCUT2D eigenvalue weighted by atomic mass is 10.0. The van der Waals surface area contributed by atoms with Crippen LogP contribution in [-0.4, -0.2) is 0 Å². The van der Waals surface area contributed by atoms with Crippen LogP contribution in [-0.2, 0) is 0 Å². The Morgan fingerprint density at radius 2 is 1.50 bits per heavy atom. The van der Waals surface area contributed by atoms with Gasteiger partial charge in [-0.25, -0.2) is 0 Å². The van der Waals surface area contributed by atoms with Gasteiger partial charge < -0.3 is 0 Å². The van der Waals surface area contributed by atoms with Crippen molar-refractivity contribution in [2.24, 2.45) is 0 Å². The maximum Gasteiger partial charge on any atom is 0.0218 e. The molecule has 0 heterocycles. The van der Waals surface area contributed by atoms with Gasteiger partial charge in [-0.2, -0.15) is 0 Å². The third kappa shape index (κ3) is 2.11. The average molecular weight is 292 g/mol. The van der Waals surface area contributed by atoms with Crippen LogP contribution in [0.15, 0.2) is 21.1 Å². The van der Waals surface area contributed by atoms with E-state index in [1.807, 2.05) is 0 Å². The number of rotatable bonds is 1. The lowest BCUT2D eigenvalue weighted by Gasteiger charge is -2.09. The molecular weight excluding hydrogens is 280 g/mol. The lowest BCUT2D eigenvalue weighted by molar-refractivity contribution is 0.863. The molecule has 0 aliphatic heterocycles. The number of benzene rings is 1. The summed E-state index contributed by atoms with van der Waals surface area (Å²) >= 11 is 7.07. The van der Waals surface area contributed by atoms with Gasteiger partial charge in [-0.15, -0.1) is 0 Å². The molecule has 0 radical (unpaired) electrons. The third-order valence-corrected chi connectivity index (χ3v) is 3.62. The summed E-state index contributed by atoms with van der Waals surface area (Å²) in [6.45, 7) is 6.49. The van der Waals surface area contributed by atoms with E-state index < -0.39 is 0 Å². The molecule has 0 spiro atoms. The first-order valence-electron chi connectivity index (χ1n) is 3.98. The second-order valence-electron chi connectivity index (χ2n) is 3.26. The molecule has 0 N–H and O–H groups in total. The van der Waals surface area contributed by atoms with E-state index in [0.717, 1.165) is 0 Å². The van der Waals surface area contributed by atoms with Gasteiger partial charge in [-0.3, -0.25) is 0 Å². The minimum absolute atomic E-state index is 0.582. The molecule has 1 aromatic carbocycles. The summed E-state index contributed by atoms with van der Waals surface area (Å²) in [6, 6.07) is 4.37. The first kappa shape index (κ1) is 10.3. The van der Waals surface area contributed by atoms with Gasteiger partial charge in [0.05, 0.1) is 0 Å². The van der Waals surface area contributed by atoms with Crippen molar-refractivity contribution in [2.75, 3.05) is 0 Å². The monoisotopic (exact) mass is 290 g/mol. The van der Waals surface area contributed by atoms with Gasteiger partial charge in [0, 0.05) is 8.95 Å². The second kappa shape index (κ2) is 3.93. The Bertz CT molecular complexity index is 267. The summed E-state index contributed by atoms with van der Waals surface area (Å²) in [7, 11) is 0. The minimum atomic E-state index is 0.582. The Balaban J connectivity index is 3.21. The molecule has 66 valence electrons. The molecular formula is C10H12Br2. The fourth-order valence-corrected chi connectivity index (χ4v) is 2.22. The van der Waals surface area contributed by atoms with Crippen LogP contribution in [0.25, 0.3) is 0 Å². The van der Waals surface area contributed by atoms with Crippen molar-refractivity contribution in [1.82, 2.24) is 0 Å². The molecule has 0 nitrogen and oxygen atoms in total. The Kier molecular flexibility index (Phi) is 3.36. The summed E-state index contributed by atoms with van der Waals surface area (Å²) in [5.74, 6) is 0.582. The van der Waals surface area contributed by atoms with Crippen molar-refractivity contribution < 1.29 is 0 Å². The maximum absolute atomic E-state index is 3.54. The fourth-order valence-electron chi connectivity index (χ4n) is 0.998. The van der Waals surface area contributed by atoms with E-state index in [2.05, 4.69) is 64.8 Å². The summed E-state index contributed by atoms with van der Waals surface area (Å²) in [4.78, 5) is 0. The van der Waals surface area contributed by atoms with Gasteiger partial charge in [0.1, 0.15) is 0 Å². The zero-order chi connectivity index (χ0) is 9.30. The summed E-state index contributed by atoms with van der Waals surface area (Å²) < 4.78 is 2.36. The highest BCUT2D eigenvalue weighted by Gasteiger charge is 2.05. The van der Waals surface area contributed by atoms with Crippen LogP contribution >= 0.6 is 31.9 Å². The first-order chi connectivity index (χ1) is 5.52. The van der Waals surface area contributed by atoms with E-state index in [1.54, 1.807) is 0 Å². The van der Waals surface area contributed by atoms with E-state index in [4.69, 9.17) is 0 Å². The van der Waals surface area contributed by atoms with Crippen molar-refractivity contribution in [3.63, 3.8) is 0 Å². The fraction of sp³-hybridized carbons (Fsp3) is 0.400. The Hall–Kier alpha value is 0.180. The lowest BCUT2D eigenvalue weighted by Crippen LogP contribution is -1.89. The minimum Gasteiger partial charge on any atom is -0.0587 e. The van der Waals surface area contributed by atoms with E-state index in [1.165, 1.54) is 20.1 Å². The highest BCUT2D eigenvalue weighted by atomic mass is 79.9. The van der Waals surface area contributed by atoms with Crippen molar-refractivity contribution in [1.29, 1.82) is 0 Å². The molecule has 0 atom stereocenters. The zero-order valence-electron chi connectivity index (χ0n) is 7.49. The van der Waals surface area contributed by atoms with Gasteiger partial charge >= 0.3 is 0 Å². The van der Waals surface area contributed by atoms with Gasteiger partial charge in [0.2, 0.25) is 0 Å². The summed E-state index contributed by atoms with van der Waals surface area (Å²) in [6.07, 6.45) is 0. The highest BCUT2D eigenvalue weighted by Crippen LogP contribution is 2.29. The van der Waals surface area contributed by atoms with Crippen LogP contribution in [0, 0.1) is 6.92 Å². The van der Waals surface area contributed by atoms with E-state index >= 15 is 0 Å². The first-order valence-corrected chi connectivity index (χ1v) is 5.56. The molecule has 0 aliphatic rings. The van der Waals surface area contributed by atoms with Crippen LogP contribution in [0.2, 0.25) is 0 Å². The number of halogens is 2. The molecule has 1 rings (SSSR count). The summed E-state index contributed by atoms with van der Waals surface area (Å²) in [5, 5.41) is 0.